The molecule has 9 nitrogen and oxygen atoms in total. The van der Waals surface area contributed by atoms with Crippen molar-refractivity contribution in [3.63, 3.8) is 0 Å². The number of aromatic nitrogens is 3. The molecular weight excluding hydrogens is 442 g/mol. The Morgan fingerprint density at radius 1 is 1.15 bits per heavy atom. The van der Waals surface area contributed by atoms with E-state index < -0.39 is 15.6 Å². The van der Waals surface area contributed by atoms with Gasteiger partial charge in [-0.2, -0.15) is 0 Å². The monoisotopic (exact) mass is 463 g/mol. The second kappa shape index (κ2) is 9.23. The average Bonchev–Trinajstić information content (AvgIpc) is 3.29. The second-order valence-electron chi connectivity index (χ2n) is 7.34. The molecule has 0 atom stereocenters. The predicted octanol–water partition coefficient (Wildman–Crippen LogP) is 2.41. The summed E-state index contributed by atoms with van der Waals surface area (Å²) in [6.45, 7) is 0.896. The molecule has 4 N–H and O–H groups in total. The molecule has 10 heteroatoms. The van der Waals surface area contributed by atoms with E-state index >= 15 is 0 Å². The molecule has 0 bridgehead atoms. The molecule has 0 spiro atoms. The highest BCUT2D eigenvalue weighted by molar-refractivity contribution is 7.89. The van der Waals surface area contributed by atoms with Crippen molar-refractivity contribution in [2.24, 2.45) is 10.1 Å². The van der Waals surface area contributed by atoms with Gasteiger partial charge in [-0.25, -0.2) is 18.5 Å². The molecule has 168 valence electrons. The van der Waals surface area contributed by atoms with Gasteiger partial charge in [-0.05, 0) is 35.4 Å². The maximum absolute atomic E-state index is 12.3. The fourth-order valence-electron chi connectivity index (χ4n) is 3.32. The first-order chi connectivity index (χ1) is 15.8. The Morgan fingerprint density at radius 3 is 2.64 bits per heavy atom. The van der Waals surface area contributed by atoms with Crippen LogP contribution in [0.4, 0.5) is 0 Å². The number of sulfonamides is 1. The number of pyridine rings is 1. The fraction of sp³-hybridized carbons (Fsp3) is 0.0870. The average molecular weight is 464 g/mol. The zero-order valence-electron chi connectivity index (χ0n) is 17.4. The molecule has 0 saturated heterocycles. The number of nitrogens with two attached hydrogens (primary N) is 1. The van der Waals surface area contributed by atoms with Gasteiger partial charge in [0.1, 0.15) is 0 Å². The van der Waals surface area contributed by atoms with E-state index in [1.165, 1.54) is 18.3 Å². The van der Waals surface area contributed by atoms with Crippen molar-refractivity contribution >= 4 is 33.1 Å². The normalized spacial score (nSPS) is 12.3. The molecule has 0 aliphatic carbocycles. The van der Waals surface area contributed by atoms with Crippen LogP contribution < -0.4 is 10.7 Å². The number of aromatic amines is 1. The van der Waals surface area contributed by atoms with Gasteiger partial charge in [-0.3, -0.25) is 14.8 Å². The van der Waals surface area contributed by atoms with E-state index in [0.29, 0.717) is 22.9 Å². The van der Waals surface area contributed by atoms with Crippen molar-refractivity contribution in [3.05, 3.63) is 94.3 Å². The molecule has 0 amide bonds. The lowest BCUT2D eigenvalue weighted by atomic mass is 10.0. The molecule has 2 aromatic heterocycles. The summed E-state index contributed by atoms with van der Waals surface area (Å²) in [6, 6.07) is 11.4. The lowest BCUT2D eigenvalue weighted by molar-refractivity contribution is 0.452. The summed E-state index contributed by atoms with van der Waals surface area (Å²) in [4.78, 5) is 23.1. The van der Waals surface area contributed by atoms with Crippen LogP contribution in [0.25, 0.3) is 16.8 Å². The van der Waals surface area contributed by atoms with Gasteiger partial charge < -0.3 is 9.67 Å². The molecule has 2 heterocycles. The van der Waals surface area contributed by atoms with Crippen LogP contribution in [-0.4, -0.2) is 34.3 Å². The summed E-state index contributed by atoms with van der Waals surface area (Å²) in [6.07, 6.45) is 10.7. The number of nitrogens with zero attached hydrogens (tertiary/aromatic N) is 3. The third-order valence-corrected chi connectivity index (χ3v) is 5.93. The van der Waals surface area contributed by atoms with Crippen molar-refractivity contribution in [2.75, 3.05) is 0 Å². The van der Waals surface area contributed by atoms with Gasteiger partial charge in [0.25, 0.3) is 5.56 Å². The van der Waals surface area contributed by atoms with Crippen LogP contribution in [0.2, 0.25) is 0 Å². The zero-order chi connectivity index (χ0) is 23.4. The van der Waals surface area contributed by atoms with Crippen LogP contribution >= 0.6 is 0 Å². The minimum Gasteiger partial charge on any atom is -0.494 e. The van der Waals surface area contributed by atoms with E-state index in [9.17, 15) is 18.3 Å². The van der Waals surface area contributed by atoms with Gasteiger partial charge >= 0.3 is 0 Å². The molecule has 4 aromatic rings. The second-order valence-corrected chi connectivity index (χ2v) is 8.90. The molecule has 0 aliphatic rings. The van der Waals surface area contributed by atoms with E-state index in [1.54, 1.807) is 30.7 Å². The van der Waals surface area contributed by atoms with E-state index in [0.717, 1.165) is 11.1 Å². The number of aliphatic imine (C=N–C) groups is 1. The van der Waals surface area contributed by atoms with Gasteiger partial charge in [0, 0.05) is 35.9 Å². The zero-order valence-corrected chi connectivity index (χ0v) is 18.2. The minimum absolute atomic E-state index is 0.0214. The van der Waals surface area contributed by atoms with Gasteiger partial charge in [-0.15, -0.1) is 0 Å². The van der Waals surface area contributed by atoms with Gasteiger partial charge in [0.05, 0.1) is 23.3 Å². The standard InChI is InChI=1S/C23H21N5O4S/c24-33(31,32)18-6-3-17(4-7-18)13-26-14-21-20-12-16(2-1-10-28-11-9-25-15-28)5-8-19(20)22(29)27-23(21)30/h1-9,11-12,14-15H,10,13H2,(H2,24,31,32)(H2,27,29,30). The quantitative estimate of drug-likeness (QED) is 0.361. The van der Waals surface area contributed by atoms with Crippen molar-refractivity contribution in [1.29, 1.82) is 0 Å². The summed E-state index contributed by atoms with van der Waals surface area (Å²) in [5.41, 5.74) is 1.61. The number of hydrogen-bond donors (Lipinski definition) is 3. The first-order valence-corrected chi connectivity index (χ1v) is 11.5. The minimum atomic E-state index is -3.76. The molecule has 2 aromatic carbocycles. The first-order valence-electron chi connectivity index (χ1n) is 9.94. The predicted molar refractivity (Wildman–Crippen MR) is 127 cm³/mol. The number of benzene rings is 2. The van der Waals surface area contributed by atoms with Crippen LogP contribution in [0, 0.1) is 0 Å². The third-order valence-electron chi connectivity index (χ3n) is 5.00. The van der Waals surface area contributed by atoms with E-state index in [4.69, 9.17) is 5.14 Å². The van der Waals surface area contributed by atoms with Crippen molar-refractivity contribution in [3.8, 4) is 5.88 Å². The molecule has 4 rings (SSSR count). The Hall–Kier alpha value is -4.02. The Morgan fingerprint density at radius 2 is 1.94 bits per heavy atom. The topological polar surface area (TPSA) is 143 Å². The van der Waals surface area contributed by atoms with Crippen LogP contribution in [0.3, 0.4) is 0 Å². The highest BCUT2D eigenvalue weighted by Crippen LogP contribution is 2.23. The Labute approximate surface area is 189 Å². The lowest BCUT2D eigenvalue weighted by Gasteiger charge is -2.06. The maximum atomic E-state index is 12.3. The molecule has 0 radical (unpaired) electrons. The highest BCUT2D eigenvalue weighted by atomic mass is 32.2. The number of nitrogens with one attached hydrogen (secondary N) is 1. The molecule has 0 unspecified atom stereocenters. The number of rotatable bonds is 7. The van der Waals surface area contributed by atoms with E-state index in [1.807, 2.05) is 35.0 Å². The summed E-state index contributed by atoms with van der Waals surface area (Å²) in [7, 11) is -3.76. The third kappa shape index (κ3) is 5.25. The van der Waals surface area contributed by atoms with E-state index in [-0.39, 0.29) is 17.3 Å². The molecule has 33 heavy (non-hydrogen) atoms. The number of primary sulfonamides is 1. The molecule has 0 aliphatic heterocycles. The van der Waals surface area contributed by atoms with Crippen molar-refractivity contribution in [2.45, 2.75) is 18.0 Å². The van der Waals surface area contributed by atoms with Gasteiger partial charge in [0.15, 0.2) is 0 Å². The number of H-pyrrole nitrogens is 1. The van der Waals surface area contributed by atoms with Crippen LogP contribution in [0.15, 0.2) is 81.9 Å². The Bertz CT molecular complexity index is 1500. The highest BCUT2D eigenvalue weighted by Gasteiger charge is 2.10. The summed E-state index contributed by atoms with van der Waals surface area (Å²) in [5, 5.41) is 16.5. The summed E-state index contributed by atoms with van der Waals surface area (Å²) in [5.74, 6) is -0.277. The lowest BCUT2D eigenvalue weighted by Crippen LogP contribution is -2.11. The first kappa shape index (κ1) is 22.2. The number of imidazole rings is 1. The summed E-state index contributed by atoms with van der Waals surface area (Å²) >= 11 is 0. The van der Waals surface area contributed by atoms with E-state index in [2.05, 4.69) is 15.0 Å². The van der Waals surface area contributed by atoms with Crippen LogP contribution in [0.5, 0.6) is 5.88 Å². The largest absolute Gasteiger partial charge is 0.494 e. The molecule has 0 saturated carbocycles. The van der Waals surface area contributed by atoms with Gasteiger partial charge in [-0.1, -0.05) is 30.4 Å². The van der Waals surface area contributed by atoms with Crippen LogP contribution in [0.1, 0.15) is 16.7 Å². The molecule has 0 fully saturated rings. The Kier molecular flexibility index (Phi) is 6.20. The number of fused-ring (bicyclic) bond motifs is 1. The number of hydrogen-bond acceptors (Lipinski definition) is 6. The van der Waals surface area contributed by atoms with Crippen molar-refractivity contribution in [1.82, 2.24) is 14.5 Å². The Balaban J connectivity index is 1.60. The van der Waals surface area contributed by atoms with Gasteiger partial charge in [0.2, 0.25) is 15.9 Å². The number of aromatic hydroxyl groups is 1. The maximum Gasteiger partial charge on any atom is 0.258 e. The fourth-order valence-corrected chi connectivity index (χ4v) is 3.83. The molecular formula is C23H21N5O4S. The smallest absolute Gasteiger partial charge is 0.258 e. The summed E-state index contributed by atoms with van der Waals surface area (Å²) < 4.78 is 24.7. The SMILES string of the molecule is NS(=O)(=O)c1ccc(CN=Cc2c(O)[nH]c(=O)c3ccc(C=CCn4ccnc4)cc23)cc1. The van der Waals surface area contributed by atoms with Crippen molar-refractivity contribution < 1.29 is 13.5 Å². The number of allylic oxidation sites excluding steroid dienone is 1. The van der Waals surface area contributed by atoms with Crippen LogP contribution in [-0.2, 0) is 23.1 Å².